The van der Waals surface area contributed by atoms with Gasteiger partial charge >= 0.3 is 0 Å². The van der Waals surface area contributed by atoms with Crippen LogP contribution in [0.2, 0.25) is 0 Å². The minimum atomic E-state index is 0.255. The normalized spacial score (nSPS) is 12.8. The number of ether oxygens (including phenoxy) is 1. The van der Waals surface area contributed by atoms with Crippen LogP contribution >= 0.6 is 0 Å². The lowest BCUT2D eigenvalue weighted by atomic mass is 10.1. The van der Waals surface area contributed by atoms with Crippen LogP contribution in [-0.4, -0.2) is 19.2 Å². The van der Waals surface area contributed by atoms with Crippen LogP contribution in [0.15, 0.2) is 18.2 Å². The zero-order valence-corrected chi connectivity index (χ0v) is 12.4. The molecule has 2 heteroatoms. The standard InChI is InChI=1S/C16H27NO/c1-6-15(11-17-10-12(2)3)18-16-8-7-13(4)14(5)9-16/h7-9,12,15,17H,6,10-11H2,1-5H3. The summed E-state index contributed by atoms with van der Waals surface area (Å²) < 4.78 is 6.02. The van der Waals surface area contributed by atoms with Gasteiger partial charge in [-0.25, -0.2) is 0 Å². The largest absolute Gasteiger partial charge is 0.489 e. The molecule has 1 aromatic carbocycles. The molecule has 0 saturated carbocycles. The molecular formula is C16H27NO. The lowest BCUT2D eigenvalue weighted by Gasteiger charge is -2.19. The highest BCUT2D eigenvalue weighted by Gasteiger charge is 2.08. The molecule has 0 aromatic heterocycles. The maximum absolute atomic E-state index is 6.02. The number of hydrogen-bond acceptors (Lipinski definition) is 2. The third-order valence-corrected chi connectivity index (χ3v) is 3.16. The predicted molar refractivity (Wildman–Crippen MR) is 78.3 cm³/mol. The van der Waals surface area contributed by atoms with Gasteiger partial charge in [-0.3, -0.25) is 0 Å². The first-order chi connectivity index (χ1) is 8.52. The summed E-state index contributed by atoms with van der Waals surface area (Å²) in [5.74, 6) is 1.67. The number of hydrogen-bond donors (Lipinski definition) is 1. The summed E-state index contributed by atoms with van der Waals surface area (Å²) in [5, 5.41) is 3.46. The molecule has 0 amide bonds. The smallest absolute Gasteiger partial charge is 0.120 e. The van der Waals surface area contributed by atoms with Crippen molar-refractivity contribution in [2.75, 3.05) is 13.1 Å². The second kappa shape index (κ2) is 7.42. The van der Waals surface area contributed by atoms with Crippen molar-refractivity contribution in [3.63, 3.8) is 0 Å². The van der Waals surface area contributed by atoms with Crippen LogP contribution in [0.1, 0.15) is 38.3 Å². The Morgan fingerprint density at radius 2 is 1.83 bits per heavy atom. The van der Waals surface area contributed by atoms with Crippen molar-refractivity contribution < 1.29 is 4.74 Å². The fraction of sp³-hybridized carbons (Fsp3) is 0.625. The fourth-order valence-electron chi connectivity index (χ4n) is 1.78. The molecule has 18 heavy (non-hydrogen) atoms. The van der Waals surface area contributed by atoms with Crippen LogP contribution in [0.5, 0.6) is 5.75 Å². The van der Waals surface area contributed by atoms with Gasteiger partial charge in [0.15, 0.2) is 0 Å². The summed E-state index contributed by atoms with van der Waals surface area (Å²) in [6.07, 6.45) is 1.28. The van der Waals surface area contributed by atoms with E-state index in [1.165, 1.54) is 11.1 Å². The van der Waals surface area contributed by atoms with Gasteiger partial charge in [-0.2, -0.15) is 0 Å². The van der Waals surface area contributed by atoms with Crippen LogP contribution in [0.3, 0.4) is 0 Å². The van der Waals surface area contributed by atoms with Gasteiger partial charge in [0.25, 0.3) is 0 Å². The lowest BCUT2D eigenvalue weighted by molar-refractivity contribution is 0.192. The van der Waals surface area contributed by atoms with Gasteiger partial charge in [0.2, 0.25) is 0 Å². The molecule has 0 aliphatic rings. The van der Waals surface area contributed by atoms with Gasteiger partial charge in [0, 0.05) is 6.54 Å². The molecule has 1 atom stereocenters. The molecule has 0 radical (unpaired) electrons. The number of rotatable bonds is 7. The van der Waals surface area contributed by atoms with Gasteiger partial charge in [-0.05, 0) is 56.0 Å². The van der Waals surface area contributed by atoms with Crippen molar-refractivity contribution >= 4 is 0 Å². The summed E-state index contributed by atoms with van der Waals surface area (Å²) in [7, 11) is 0. The molecule has 0 fully saturated rings. The molecule has 0 bridgehead atoms. The van der Waals surface area contributed by atoms with Crippen molar-refractivity contribution in [2.45, 2.75) is 47.1 Å². The van der Waals surface area contributed by atoms with E-state index in [2.05, 4.69) is 58.1 Å². The van der Waals surface area contributed by atoms with Crippen LogP contribution in [-0.2, 0) is 0 Å². The van der Waals surface area contributed by atoms with Crippen LogP contribution in [0, 0.1) is 19.8 Å². The topological polar surface area (TPSA) is 21.3 Å². The third-order valence-electron chi connectivity index (χ3n) is 3.16. The summed E-state index contributed by atoms with van der Waals surface area (Å²) in [4.78, 5) is 0. The maximum atomic E-state index is 6.02. The van der Waals surface area contributed by atoms with Gasteiger partial charge in [-0.1, -0.05) is 26.8 Å². The number of benzene rings is 1. The molecule has 1 unspecified atom stereocenters. The molecular weight excluding hydrogens is 222 g/mol. The Bertz CT molecular complexity index is 360. The van der Waals surface area contributed by atoms with E-state index >= 15 is 0 Å². The van der Waals surface area contributed by atoms with E-state index in [0.29, 0.717) is 5.92 Å². The predicted octanol–water partition coefficient (Wildman–Crippen LogP) is 3.71. The minimum absolute atomic E-state index is 0.255. The summed E-state index contributed by atoms with van der Waals surface area (Å²) in [5.41, 5.74) is 2.60. The quantitative estimate of drug-likeness (QED) is 0.795. The van der Waals surface area contributed by atoms with E-state index in [9.17, 15) is 0 Å². The second-order valence-corrected chi connectivity index (χ2v) is 5.45. The molecule has 0 aliphatic carbocycles. The van der Waals surface area contributed by atoms with E-state index in [0.717, 1.165) is 25.3 Å². The third kappa shape index (κ3) is 5.09. The molecule has 1 N–H and O–H groups in total. The van der Waals surface area contributed by atoms with Crippen molar-refractivity contribution in [2.24, 2.45) is 5.92 Å². The highest BCUT2D eigenvalue weighted by molar-refractivity contribution is 5.33. The summed E-state index contributed by atoms with van der Waals surface area (Å²) >= 11 is 0. The average Bonchev–Trinajstić information content (AvgIpc) is 2.32. The van der Waals surface area contributed by atoms with Crippen molar-refractivity contribution in [3.8, 4) is 5.75 Å². The highest BCUT2D eigenvalue weighted by atomic mass is 16.5. The highest BCUT2D eigenvalue weighted by Crippen LogP contribution is 2.18. The molecule has 0 saturated heterocycles. The first kappa shape index (κ1) is 15.0. The monoisotopic (exact) mass is 249 g/mol. The number of nitrogens with one attached hydrogen (secondary N) is 1. The van der Waals surface area contributed by atoms with Gasteiger partial charge in [0.05, 0.1) is 0 Å². The zero-order chi connectivity index (χ0) is 13.5. The van der Waals surface area contributed by atoms with E-state index in [1.54, 1.807) is 0 Å². The van der Waals surface area contributed by atoms with Gasteiger partial charge in [-0.15, -0.1) is 0 Å². The molecule has 1 rings (SSSR count). The Morgan fingerprint density at radius 3 is 2.39 bits per heavy atom. The Hall–Kier alpha value is -1.02. The van der Waals surface area contributed by atoms with Crippen molar-refractivity contribution in [1.29, 1.82) is 0 Å². The van der Waals surface area contributed by atoms with Crippen LogP contribution < -0.4 is 10.1 Å². The van der Waals surface area contributed by atoms with Gasteiger partial charge < -0.3 is 10.1 Å². The van der Waals surface area contributed by atoms with E-state index in [-0.39, 0.29) is 6.10 Å². The zero-order valence-electron chi connectivity index (χ0n) is 12.4. The van der Waals surface area contributed by atoms with Crippen molar-refractivity contribution in [1.82, 2.24) is 5.32 Å². The molecule has 0 aliphatic heterocycles. The minimum Gasteiger partial charge on any atom is -0.489 e. The van der Waals surface area contributed by atoms with E-state index < -0.39 is 0 Å². The van der Waals surface area contributed by atoms with Gasteiger partial charge in [0.1, 0.15) is 11.9 Å². The Labute approximate surface area is 112 Å². The average molecular weight is 249 g/mol. The van der Waals surface area contributed by atoms with E-state index in [1.807, 2.05) is 0 Å². The number of aryl methyl sites for hydroxylation is 2. The lowest BCUT2D eigenvalue weighted by Crippen LogP contribution is -2.33. The Morgan fingerprint density at radius 1 is 1.11 bits per heavy atom. The Balaban J connectivity index is 2.49. The SMILES string of the molecule is CCC(CNCC(C)C)Oc1ccc(C)c(C)c1. The Kier molecular flexibility index (Phi) is 6.20. The molecule has 2 nitrogen and oxygen atoms in total. The first-order valence-electron chi connectivity index (χ1n) is 6.97. The summed E-state index contributed by atoms with van der Waals surface area (Å²) in [6, 6.07) is 6.31. The maximum Gasteiger partial charge on any atom is 0.120 e. The first-order valence-corrected chi connectivity index (χ1v) is 6.97. The van der Waals surface area contributed by atoms with Crippen molar-refractivity contribution in [3.05, 3.63) is 29.3 Å². The molecule has 102 valence electrons. The van der Waals surface area contributed by atoms with Crippen LogP contribution in [0.4, 0.5) is 0 Å². The van der Waals surface area contributed by atoms with Crippen LogP contribution in [0.25, 0.3) is 0 Å². The second-order valence-electron chi connectivity index (χ2n) is 5.45. The van der Waals surface area contributed by atoms with E-state index in [4.69, 9.17) is 4.74 Å². The summed E-state index contributed by atoms with van der Waals surface area (Å²) in [6.45, 7) is 12.8. The molecule has 0 heterocycles. The fourth-order valence-corrected chi connectivity index (χ4v) is 1.78. The molecule has 0 spiro atoms. The molecule has 1 aromatic rings.